The maximum atomic E-state index is 12.4. The molecule has 152 valence electrons. The third-order valence-corrected chi connectivity index (χ3v) is 5.13. The molecule has 1 heterocycles. The van der Waals surface area contributed by atoms with Crippen LogP contribution in [0.25, 0.3) is 0 Å². The van der Waals surface area contributed by atoms with Crippen LogP contribution in [0.15, 0.2) is 36.4 Å². The van der Waals surface area contributed by atoms with E-state index in [4.69, 9.17) is 4.74 Å². The summed E-state index contributed by atoms with van der Waals surface area (Å²) in [5, 5.41) is 2.76. The van der Waals surface area contributed by atoms with Crippen LogP contribution in [0, 0.1) is 33.6 Å². The lowest BCUT2D eigenvalue weighted by Crippen LogP contribution is -2.28. The molecule has 6 nitrogen and oxygen atoms in total. The topological polar surface area (TPSA) is 75.7 Å². The molecule has 1 atom stereocenters. The fourth-order valence-electron chi connectivity index (χ4n) is 3.42. The minimum absolute atomic E-state index is 0.0881. The van der Waals surface area contributed by atoms with Crippen molar-refractivity contribution in [3.05, 3.63) is 58.7 Å². The molecule has 6 heteroatoms. The number of anilines is 2. The van der Waals surface area contributed by atoms with E-state index in [9.17, 15) is 14.4 Å². The van der Waals surface area contributed by atoms with Crippen molar-refractivity contribution < 1.29 is 19.1 Å². The third kappa shape index (κ3) is 4.83. The number of hydrogen-bond donors (Lipinski definition) is 1. The van der Waals surface area contributed by atoms with Crippen molar-refractivity contribution in [2.45, 2.75) is 34.1 Å². The van der Waals surface area contributed by atoms with Gasteiger partial charge in [-0.05, 0) is 62.1 Å². The Hall–Kier alpha value is -3.15. The van der Waals surface area contributed by atoms with E-state index in [0.29, 0.717) is 5.69 Å². The van der Waals surface area contributed by atoms with Gasteiger partial charge in [-0.2, -0.15) is 0 Å². The molecule has 2 aromatic carbocycles. The van der Waals surface area contributed by atoms with E-state index in [1.165, 1.54) is 0 Å². The van der Waals surface area contributed by atoms with Crippen LogP contribution in [-0.2, 0) is 19.1 Å². The number of rotatable bonds is 5. The number of ether oxygens (including phenoxy) is 1. The van der Waals surface area contributed by atoms with Gasteiger partial charge in [0.15, 0.2) is 6.61 Å². The van der Waals surface area contributed by atoms with Gasteiger partial charge in [-0.3, -0.25) is 14.4 Å². The lowest BCUT2D eigenvalue weighted by atomic mass is 10.1. The highest BCUT2D eigenvalue weighted by atomic mass is 16.5. The van der Waals surface area contributed by atoms with Gasteiger partial charge >= 0.3 is 5.97 Å². The number of carbonyl (C=O) groups is 3. The van der Waals surface area contributed by atoms with E-state index in [0.717, 1.165) is 27.9 Å². The van der Waals surface area contributed by atoms with E-state index in [1.807, 2.05) is 64.1 Å². The summed E-state index contributed by atoms with van der Waals surface area (Å²) in [6, 6.07) is 11.6. The van der Waals surface area contributed by atoms with E-state index in [1.54, 1.807) is 4.90 Å². The van der Waals surface area contributed by atoms with Crippen molar-refractivity contribution in [2.75, 3.05) is 23.4 Å². The summed E-state index contributed by atoms with van der Waals surface area (Å²) in [7, 11) is 0. The van der Waals surface area contributed by atoms with Gasteiger partial charge in [0.05, 0.1) is 5.92 Å². The van der Waals surface area contributed by atoms with Crippen LogP contribution in [0.4, 0.5) is 11.4 Å². The largest absolute Gasteiger partial charge is 0.455 e. The Morgan fingerprint density at radius 2 is 1.69 bits per heavy atom. The monoisotopic (exact) mass is 394 g/mol. The zero-order valence-electron chi connectivity index (χ0n) is 17.2. The molecular weight excluding hydrogens is 368 g/mol. The van der Waals surface area contributed by atoms with Crippen LogP contribution in [0.1, 0.15) is 28.7 Å². The molecule has 0 radical (unpaired) electrons. The normalized spacial score (nSPS) is 16.1. The summed E-state index contributed by atoms with van der Waals surface area (Å²) < 4.78 is 5.19. The Morgan fingerprint density at radius 1 is 1.03 bits per heavy atom. The zero-order valence-corrected chi connectivity index (χ0v) is 17.2. The van der Waals surface area contributed by atoms with Crippen molar-refractivity contribution in [1.82, 2.24) is 0 Å². The molecule has 1 aliphatic rings. The highest BCUT2D eigenvalue weighted by molar-refractivity contribution is 6.00. The number of aryl methyl sites for hydroxylation is 4. The molecule has 2 aromatic rings. The average Bonchev–Trinajstić information content (AvgIpc) is 3.06. The van der Waals surface area contributed by atoms with Gasteiger partial charge < -0.3 is 15.0 Å². The van der Waals surface area contributed by atoms with E-state index in [2.05, 4.69) is 5.32 Å². The summed E-state index contributed by atoms with van der Waals surface area (Å²) in [6.45, 7) is 7.62. The van der Waals surface area contributed by atoms with Crippen LogP contribution >= 0.6 is 0 Å². The van der Waals surface area contributed by atoms with Gasteiger partial charge in [0.25, 0.3) is 5.91 Å². The number of hydrogen-bond acceptors (Lipinski definition) is 4. The molecular formula is C23H26N2O4. The average molecular weight is 394 g/mol. The second-order valence-corrected chi connectivity index (χ2v) is 7.67. The number of nitrogens with zero attached hydrogens (tertiary/aromatic N) is 1. The van der Waals surface area contributed by atoms with Gasteiger partial charge in [-0.25, -0.2) is 0 Å². The first kappa shape index (κ1) is 20.6. The van der Waals surface area contributed by atoms with Crippen LogP contribution in [0.2, 0.25) is 0 Å². The number of carbonyl (C=O) groups excluding carboxylic acids is 3. The van der Waals surface area contributed by atoms with Gasteiger partial charge in [0.2, 0.25) is 5.91 Å². The summed E-state index contributed by atoms with van der Waals surface area (Å²) in [5.74, 6) is -1.61. The Balaban J connectivity index is 1.57. The molecule has 0 unspecified atom stereocenters. The van der Waals surface area contributed by atoms with Crippen molar-refractivity contribution in [2.24, 2.45) is 5.92 Å². The predicted molar refractivity (Wildman–Crippen MR) is 112 cm³/mol. The molecule has 1 N–H and O–H groups in total. The van der Waals surface area contributed by atoms with Crippen molar-refractivity contribution in [3.63, 3.8) is 0 Å². The quantitative estimate of drug-likeness (QED) is 0.788. The zero-order chi connectivity index (χ0) is 21.1. The lowest BCUT2D eigenvalue weighted by Gasteiger charge is -2.19. The van der Waals surface area contributed by atoms with Gasteiger partial charge in [0, 0.05) is 24.3 Å². The molecule has 1 aliphatic heterocycles. The molecule has 3 rings (SSSR count). The summed E-state index contributed by atoms with van der Waals surface area (Å²) >= 11 is 0. The minimum Gasteiger partial charge on any atom is -0.455 e. The molecule has 2 amide bonds. The molecule has 29 heavy (non-hydrogen) atoms. The van der Waals surface area contributed by atoms with Gasteiger partial charge in [0.1, 0.15) is 0 Å². The standard InChI is InChI=1S/C23H26N2O4/c1-14-5-7-16(3)19(9-14)24-21(26)13-29-23(28)18-11-22(27)25(12-18)20-10-15(2)6-8-17(20)4/h5-10,18H,11-13H2,1-4H3,(H,24,26)/t18-/m0/s1. The second kappa shape index (κ2) is 8.47. The van der Waals surface area contributed by atoms with Crippen LogP contribution in [0.5, 0.6) is 0 Å². The van der Waals surface area contributed by atoms with E-state index >= 15 is 0 Å². The third-order valence-electron chi connectivity index (χ3n) is 5.13. The minimum atomic E-state index is -0.573. The first-order valence-corrected chi connectivity index (χ1v) is 9.66. The van der Waals surface area contributed by atoms with Gasteiger partial charge in [-0.1, -0.05) is 24.3 Å². The van der Waals surface area contributed by atoms with Gasteiger partial charge in [-0.15, -0.1) is 0 Å². The number of amides is 2. The molecule has 0 bridgehead atoms. The molecule has 0 aromatic heterocycles. The molecule has 0 saturated carbocycles. The van der Waals surface area contributed by atoms with Crippen molar-refractivity contribution >= 4 is 29.2 Å². The fourth-order valence-corrected chi connectivity index (χ4v) is 3.42. The lowest BCUT2D eigenvalue weighted by molar-refractivity contribution is -0.151. The molecule has 1 saturated heterocycles. The first-order chi connectivity index (χ1) is 13.7. The molecule has 0 spiro atoms. The Morgan fingerprint density at radius 3 is 2.41 bits per heavy atom. The Kier molecular flexibility index (Phi) is 6.01. The van der Waals surface area contributed by atoms with Crippen LogP contribution < -0.4 is 10.2 Å². The SMILES string of the molecule is Cc1ccc(C)c(NC(=O)COC(=O)[C@H]2CC(=O)N(c3cc(C)ccc3C)C2)c1. The van der Waals surface area contributed by atoms with Crippen LogP contribution in [0.3, 0.4) is 0 Å². The maximum absolute atomic E-state index is 12.4. The Labute approximate surface area is 170 Å². The number of benzene rings is 2. The van der Waals surface area contributed by atoms with Crippen molar-refractivity contribution in [1.29, 1.82) is 0 Å². The van der Waals surface area contributed by atoms with E-state index < -0.39 is 17.8 Å². The highest BCUT2D eigenvalue weighted by Crippen LogP contribution is 2.29. The maximum Gasteiger partial charge on any atom is 0.311 e. The second-order valence-electron chi connectivity index (χ2n) is 7.67. The Bertz CT molecular complexity index is 967. The smallest absolute Gasteiger partial charge is 0.311 e. The first-order valence-electron chi connectivity index (χ1n) is 9.66. The van der Waals surface area contributed by atoms with Crippen molar-refractivity contribution in [3.8, 4) is 0 Å². The summed E-state index contributed by atoms with van der Waals surface area (Å²) in [4.78, 5) is 38.6. The van der Waals surface area contributed by atoms with E-state index in [-0.39, 0.29) is 25.5 Å². The van der Waals surface area contributed by atoms with Crippen LogP contribution in [-0.4, -0.2) is 30.9 Å². The molecule has 1 fully saturated rings. The summed E-state index contributed by atoms with van der Waals surface area (Å²) in [6.07, 6.45) is 0.0881. The highest BCUT2D eigenvalue weighted by Gasteiger charge is 2.36. The summed E-state index contributed by atoms with van der Waals surface area (Å²) in [5.41, 5.74) is 5.50. The predicted octanol–water partition coefficient (Wildman–Crippen LogP) is 3.46. The fraction of sp³-hybridized carbons (Fsp3) is 0.348. The number of nitrogens with one attached hydrogen (secondary N) is 1. The number of esters is 1. The molecule has 0 aliphatic carbocycles.